The summed E-state index contributed by atoms with van der Waals surface area (Å²) >= 11 is 0. The van der Waals surface area contributed by atoms with Gasteiger partial charge in [0.1, 0.15) is 12.4 Å². The van der Waals surface area contributed by atoms with Gasteiger partial charge < -0.3 is 24.2 Å². The van der Waals surface area contributed by atoms with Crippen molar-refractivity contribution in [3.05, 3.63) is 47.4 Å². The van der Waals surface area contributed by atoms with Crippen LogP contribution in [0.15, 0.2) is 39.9 Å². The first-order chi connectivity index (χ1) is 10.6. The smallest absolute Gasteiger partial charge is 0.371 e. The number of rotatable bonds is 7. The molecule has 1 aromatic heterocycles. The molecule has 0 unspecified atom stereocenters. The summed E-state index contributed by atoms with van der Waals surface area (Å²) in [5.41, 5.74) is 0.657. The van der Waals surface area contributed by atoms with E-state index in [4.69, 9.17) is 24.2 Å². The average molecular weight is 305 g/mol. The monoisotopic (exact) mass is 305 g/mol. The van der Waals surface area contributed by atoms with E-state index in [-0.39, 0.29) is 12.4 Å². The van der Waals surface area contributed by atoms with Gasteiger partial charge in [-0.1, -0.05) is 5.16 Å². The molecule has 1 aromatic carbocycles. The number of carbonyl (C=O) groups is 1. The first-order valence-electron chi connectivity index (χ1n) is 6.53. The highest BCUT2D eigenvalue weighted by atomic mass is 16.5. The van der Waals surface area contributed by atoms with Gasteiger partial charge in [0.2, 0.25) is 5.76 Å². The molecule has 0 aliphatic rings. The molecule has 0 amide bonds. The molecule has 2 aromatic rings. The molecule has 0 saturated carbocycles. The van der Waals surface area contributed by atoms with E-state index >= 15 is 0 Å². The molecule has 0 aliphatic carbocycles. The number of furan rings is 1. The maximum absolute atomic E-state index is 10.7. The number of nitrogens with zero attached hydrogens (tertiary/aromatic N) is 1. The minimum Gasteiger partial charge on any atom is -0.490 e. The Morgan fingerprint density at radius 3 is 2.73 bits per heavy atom. The fraction of sp³-hybridized carbons (Fsp3) is 0.200. The van der Waals surface area contributed by atoms with E-state index < -0.39 is 5.97 Å². The van der Waals surface area contributed by atoms with Crippen molar-refractivity contribution >= 4 is 12.2 Å². The number of carboxylic acid groups (broad SMARTS) is 1. The van der Waals surface area contributed by atoms with Gasteiger partial charge in [0, 0.05) is 5.56 Å². The van der Waals surface area contributed by atoms with Crippen molar-refractivity contribution in [3.63, 3.8) is 0 Å². The van der Waals surface area contributed by atoms with Crippen molar-refractivity contribution < 1.29 is 29.0 Å². The van der Waals surface area contributed by atoms with Crippen LogP contribution in [0.4, 0.5) is 0 Å². The second kappa shape index (κ2) is 7.16. The summed E-state index contributed by atoms with van der Waals surface area (Å²) in [5, 5.41) is 20.3. The molecule has 0 saturated heterocycles. The number of ether oxygens (including phenoxy) is 2. The maximum Gasteiger partial charge on any atom is 0.371 e. The number of oxime groups is 1. The lowest BCUT2D eigenvalue weighted by molar-refractivity contribution is 0.0658. The van der Waals surface area contributed by atoms with E-state index in [2.05, 4.69) is 5.16 Å². The van der Waals surface area contributed by atoms with Crippen molar-refractivity contribution in [1.82, 2.24) is 0 Å². The largest absolute Gasteiger partial charge is 0.490 e. The fourth-order valence-corrected chi connectivity index (χ4v) is 1.78. The van der Waals surface area contributed by atoms with Crippen LogP contribution in [0.1, 0.15) is 28.8 Å². The molecule has 2 N–H and O–H groups in total. The Hall–Kier alpha value is -2.96. The van der Waals surface area contributed by atoms with Crippen LogP contribution in [-0.2, 0) is 6.61 Å². The van der Waals surface area contributed by atoms with Crippen LogP contribution in [0.3, 0.4) is 0 Å². The third-order valence-electron chi connectivity index (χ3n) is 2.72. The van der Waals surface area contributed by atoms with Crippen LogP contribution in [-0.4, -0.2) is 29.1 Å². The second-order valence-electron chi connectivity index (χ2n) is 4.24. The zero-order valence-corrected chi connectivity index (χ0v) is 11.9. The molecule has 0 radical (unpaired) electrons. The minimum atomic E-state index is -1.13. The molecule has 0 atom stereocenters. The molecule has 0 fully saturated rings. The van der Waals surface area contributed by atoms with Crippen LogP contribution in [0.25, 0.3) is 0 Å². The van der Waals surface area contributed by atoms with Crippen molar-refractivity contribution in [1.29, 1.82) is 0 Å². The number of carboxylic acids is 1. The van der Waals surface area contributed by atoms with Gasteiger partial charge in [-0.05, 0) is 37.3 Å². The molecule has 2 rings (SSSR count). The van der Waals surface area contributed by atoms with Gasteiger partial charge in [-0.15, -0.1) is 0 Å². The number of hydrogen-bond acceptors (Lipinski definition) is 6. The van der Waals surface area contributed by atoms with Gasteiger partial charge in [0.15, 0.2) is 11.5 Å². The van der Waals surface area contributed by atoms with E-state index in [0.717, 1.165) is 0 Å². The van der Waals surface area contributed by atoms with E-state index in [0.29, 0.717) is 29.4 Å². The summed E-state index contributed by atoms with van der Waals surface area (Å²) in [6, 6.07) is 7.94. The number of aromatic carboxylic acids is 1. The molecule has 0 bridgehead atoms. The summed E-state index contributed by atoms with van der Waals surface area (Å²) in [6.45, 7) is 2.35. The first kappa shape index (κ1) is 15.4. The molecule has 1 heterocycles. The van der Waals surface area contributed by atoms with Gasteiger partial charge in [-0.2, -0.15) is 0 Å². The molecule has 0 aliphatic heterocycles. The quantitative estimate of drug-likeness (QED) is 0.463. The van der Waals surface area contributed by atoms with E-state index in [9.17, 15) is 4.79 Å². The third kappa shape index (κ3) is 3.78. The standard InChI is InChI=1S/C15H15NO6/c1-2-20-14-7-10(8-16-19)3-5-12(14)21-9-11-4-6-13(22-11)15(17)18/h3-8,19H,2,9H2,1H3,(H,17,18). The summed E-state index contributed by atoms with van der Waals surface area (Å²) in [6.07, 6.45) is 1.28. The van der Waals surface area contributed by atoms with Crippen molar-refractivity contribution in [3.8, 4) is 11.5 Å². The maximum atomic E-state index is 10.7. The van der Waals surface area contributed by atoms with E-state index in [1.54, 1.807) is 18.2 Å². The fourth-order valence-electron chi connectivity index (χ4n) is 1.78. The molecule has 0 spiro atoms. The first-order valence-corrected chi connectivity index (χ1v) is 6.53. The summed E-state index contributed by atoms with van der Waals surface area (Å²) in [5.74, 6) is 0.0861. The second-order valence-corrected chi connectivity index (χ2v) is 4.24. The van der Waals surface area contributed by atoms with Crippen LogP contribution < -0.4 is 9.47 Å². The highest BCUT2D eigenvalue weighted by Gasteiger charge is 2.11. The third-order valence-corrected chi connectivity index (χ3v) is 2.72. The molecule has 7 heteroatoms. The van der Waals surface area contributed by atoms with E-state index in [1.165, 1.54) is 18.3 Å². The Bertz CT molecular complexity index is 676. The lowest BCUT2D eigenvalue weighted by atomic mass is 10.2. The van der Waals surface area contributed by atoms with Crippen LogP contribution in [0, 0.1) is 0 Å². The van der Waals surface area contributed by atoms with Gasteiger partial charge in [0.05, 0.1) is 12.8 Å². The highest BCUT2D eigenvalue weighted by Crippen LogP contribution is 2.29. The SMILES string of the molecule is CCOc1cc(C=NO)ccc1OCc1ccc(C(=O)O)o1. The minimum absolute atomic E-state index is 0.0702. The van der Waals surface area contributed by atoms with Crippen LogP contribution in [0.5, 0.6) is 11.5 Å². The van der Waals surface area contributed by atoms with Gasteiger partial charge in [-0.3, -0.25) is 0 Å². The zero-order chi connectivity index (χ0) is 15.9. The number of benzene rings is 1. The Kier molecular flexibility index (Phi) is 5.02. The molecule has 22 heavy (non-hydrogen) atoms. The van der Waals surface area contributed by atoms with Gasteiger partial charge in [-0.25, -0.2) is 4.79 Å². The van der Waals surface area contributed by atoms with Crippen molar-refractivity contribution in [2.45, 2.75) is 13.5 Å². The Morgan fingerprint density at radius 1 is 1.27 bits per heavy atom. The molecular formula is C15H15NO6. The van der Waals surface area contributed by atoms with Crippen LogP contribution in [0.2, 0.25) is 0 Å². The predicted octanol–water partition coefficient (Wildman–Crippen LogP) is 2.76. The topological polar surface area (TPSA) is 101 Å². The van der Waals surface area contributed by atoms with Crippen molar-refractivity contribution in [2.75, 3.05) is 6.61 Å². The Balaban J connectivity index is 2.11. The molecular weight excluding hydrogens is 290 g/mol. The van der Waals surface area contributed by atoms with Crippen molar-refractivity contribution in [2.24, 2.45) is 5.16 Å². The Morgan fingerprint density at radius 2 is 2.09 bits per heavy atom. The van der Waals surface area contributed by atoms with Crippen LogP contribution >= 0.6 is 0 Å². The summed E-state index contributed by atoms with van der Waals surface area (Å²) in [7, 11) is 0. The zero-order valence-electron chi connectivity index (χ0n) is 11.9. The summed E-state index contributed by atoms with van der Waals surface area (Å²) in [4.78, 5) is 10.7. The highest BCUT2D eigenvalue weighted by molar-refractivity contribution is 5.84. The molecule has 7 nitrogen and oxygen atoms in total. The summed E-state index contributed by atoms with van der Waals surface area (Å²) < 4.78 is 16.2. The Labute approximate surface area is 126 Å². The lowest BCUT2D eigenvalue weighted by Crippen LogP contribution is -2.00. The number of hydrogen-bond donors (Lipinski definition) is 2. The van der Waals surface area contributed by atoms with Gasteiger partial charge in [0.25, 0.3) is 0 Å². The lowest BCUT2D eigenvalue weighted by Gasteiger charge is -2.11. The normalized spacial score (nSPS) is 10.8. The molecule has 116 valence electrons. The van der Waals surface area contributed by atoms with Gasteiger partial charge >= 0.3 is 5.97 Å². The predicted molar refractivity (Wildman–Crippen MR) is 77.0 cm³/mol. The van der Waals surface area contributed by atoms with E-state index in [1.807, 2.05) is 6.92 Å². The average Bonchev–Trinajstić information content (AvgIpc) is 2.96.